The van der Waals surface area contributed by atoms with Gasteiger partial charge in [0.1, 0.15) is 0 Å². The number of hydrogen-bond donors (Lipinski definition) is 0. The summed E-state index contributed by atoms with van der Waals surface area (Å²) in [6.45, 7) is 2.03. The Kier molecular flexibility index (Phi) is 5.11. The number of thioether (sulfide) groups is 2. The van der Waals surface area contributed by atoms with E-state index in [4.69, 9.17) is 6.42 Å². The van der Waals surface area contributed by atoms with Gasteiger partial charge in [-0.2, -0.15) is 0 Å². The molecule has 0 aliphatic carbocycles. The van der Waals surface area contributed by atoms with Gasteiger partial charge in [0.2, 0.25) is 0 Å². The second kappa shape index (κ2) is 6.83. The van der Waals surface area contributed by atoms with Gasteiger partial charge >= 0.3 is 0 Å². The summed E-state index contributed by atoms with van der Waals surface area (Å²) in [4.78, 5) is 23.2. The largest absolute Gasteiger partial charge is 0.298 e. The minimum absolute atomic E-state index is 0.0615. The van der Waals surface area contributed by atoms with Gasteiger partial charge in [0, 0.05) is 11.7 Å². The number of Topliss-reactive ketones (excluding diaryl/α,β-unsaturated/α-hetero) is 1. The van der Waals surface area contributed by atoms with Crippen molar-refractivity contribution in [2.24, 2.45) is 0 Å². The summed E-state index contributed by atoms with van der Waals surface area (Å²) < 4.78 is 0.751. The first-order valence-electron chi connectivity index (χ1n) is 6.18. The number of ketones is 1. The lowest BCUT2D eigenvalue weighted by molar-refractivity contribution is -0.117. The van der Waals surface area contributed by atoms with Crippen molar-refractivity contribution >= 4 is 35.6 Å². The fourth-order valence-electron chi connectivity index (χ4n) is 2.02. The molecule has 0 saturated carbocycles. The Morgan fingerprint density at radius 1 is 1.55 bits per heavy atom. The summed E-state index contributed by atoms with van der Waals surface area (Å²) in [5.41, 5.74) is 2.56. The number of terminal acetylenes is 1. The highest BCUT2D eigenvalue weighted by Gasteiger charge is 2.29. The minimum Gasteiger partial charge on any atom is -0.298 e. The summed E-state index contributed by atoms with van der Waals surface area (Å²) in [5, 5.41) is 0.0615. The van der Waals surface area contributed by atoms with Gasteiger partial charge in [0.15, 0.2) is 12.1 Å². The van der Waals surface area contributed by atoms with Crippen molar-refractivity contribution in [3.8, 4) is 12.3 Å². The molecule has 1 heterocycles. The lowest BCUT2D eigenvalue weighted by Crippen LogP contribution is -2.15. The summed E-state index contributed by atoms with van der Waals surface area (Å²) in [6.07, 6.45) is 6.27. The lowest BCUT2D eigenvalue weighted by atomic mass is 10.0. The van der Waals surface area contributed by atoms with Gasteiger partial charge in [-0.25, -0.2) is 0 Å². The molecule has 0 saturated heterocycles. The van der Waals surface area contributed by atoms with E-state index < -0.39 is 0 Å². The molecule has 1 aliphatic rings. The van der Waals surface area contributed by atoms with Gasteiger partial charge in [-0.3, -0.25) is 9.59 Å². The SMILES string of the molecule is C#CCSC1=C(C=O)C(=O)C[C@@H](c2cccc(C)c2)S1. The highest BCUT2D eigenvalue weighted by molar-refractivity contribution is 8.22. The van der Waals surface area contributed by atoms with Crippen LogP contribution in [0, 0.1) is 19.3 Å². The van der Waals surface area contributed by atoms with Crippen LogP contribution in [0.5, 0.6) is 0 Å². The van der Waals surface area contributed by atoms with E-state index in [2.05, 4.69) is 12.0 Å². The molecular weight excluding hydrogens is 288 g/mol. The molecule has 0 bridgehead atoms. The van der Waals surface area contributed by atoms with Gasteiger partial charge in [-0.05, 0) is 12.5 Å². The molecule has 0 N–H and O–H groups in total. The first kappa shape index (κ1) is 15.0. The Morgan fingerprint density at radius 3 is 3.00 bits per heavy atom. The standard InChI is InChI=1S/C16H14O2S2/c1-3-7-19-16-13(10-17)14(18)9-15(20-16)12-6-4-5-11(2)8-12/h1,4-6,8,10,15H,7,9H2,2H3/t15-/m0/s1. The second-order valence-electron chi connectivity index (χ2n) is 4.46. The molecule has 2 nitrogen and oxygen atoms in total. The molecule has 0 aromatic heterocycles. The molecule has 0 amide bonds. The fraction of sp³-hybridized carbons (Fsp3) is 0.250. The summed E-state index contributed by atoms with van der Waals surface area (Å²) in [6, 6.07) is 8.12. The molecule has 0 unspecified atom stereocenters. The van der Waals surface area contributed by atoms with Crippen LogP contribution in [0.15, 0.2) is 34.1 Å². The number of carbonyl (C=O) groups excluding carboxylic acids is 2. The zero-order valence-corrected chi connectivity index (χ0v) is 12.7. The van der Waals surface area contributed by atoms with Gasteiger partial charge in [-0.1, -0.05) is 35.7 Å². The van der Waals surface area contributed by atoms with E-state index in [9.17, 15) is 9.59 Å². The van der Waals surface area contributed by atoms with Crippen molar-refractivity contribution in [2.45, 2.75) is 18.6 Å². The van der Waals surface area contributed by atoms with Crippen molar-refractivity contribution in [1.29, 1.82) is 0 Å². The number of allylic oxidation sites excluding steroid dienone is 1. The number of carbonyl (C=O) groups is 2. The molecule has 0 radical (unpaired) electrons. The van der Waals surface area contributed by atoms with Crippen LogP contribution in [-0.2, 0) is 9.59 Å². The van der Waals surface area contributed by atoms with Crippen molar-refractivity contribution in [1.82, 2.24) is 0 Å². The van der Waals surface area contributed by atoms with E-state index in [1.807, 2.05) is 25.1 Å². The molecule has 1 aromatic carbocycles. The van der Waals surface area contributed by atoms with Crippen molar-refractivity contribution in [2.75, 3.05) is 5.75 Å². The van der Waals surface area contributed by atoms with Gasteiger partial charge in [-0.15, -0.1) is 29.9 Å². The van der Waals surface area contributed by atoms with Crippen LogP contribution < -0.4 is 0 Å². The molecule has 1 aromatic rings. The van der Waals surface area contributed by atoms with E-state index in [1.165, 1.54) is 17.3 Å². The van der Waals surface area contributed by atoms with Crippen LogP contribution in [0.4, 0.5) is 0 Å². The highest BCUT2D eigenvalue weighted by atomic mass is 32.2. The molecule has 0 fully saturated rings. The van der Waals surface area contributed by atoms with Crippen molar-refractivity contribution < 1.29 is 9.59 Å². The van der Waals surface area contributed by atoms with E-state index in [0.29, 0.717) is 18.5 Å². The van der Waals surface area contributed by atoms with E-state index >= 15 is 0 Å². The monoisotopic (exact) mass is 302 g/mol. The average Bonchev–Trinajstić information content (AvgIpc) is 2.44. The van der Waals surface area contributed by atoms with Crippen molar-refractivity contribution in [3.05, 3.63) is 45.2 Å². The number of aryl methyl sites for hydroxylation is 1. The number of hydrogen-bond acceptors (Lipinski definition) is 4. The maximum atomic E-state index is 12.1. The van der Waals surface area contributed by atoms with Crippen LogP contribution in [0.3, 0.4) is 0 Å². The predicted molar refractivity (Wildman–Crippen MR) is 85.5 cm³/mol. The van der Waals surface area contributed by atoms with Gasteiger partial charge in [0.25, 0.3) is 0 Å². The fourth-order valence-corrected chi connectivity index (χ4v) is 4.41. The molecule has 1 atom stereocenters. The Labute approximate surface area is 127 Å². The molecule has 2 rings (SSSR count). The molecule has 1 aliphatic heterocycles. The molecular formula is C16H14O2S2. The Morgan fingerprint density at radius 2 is 2.35 bits per heavy atom. The topological polar surface area (TPSA) is 34.1 Å². The van der Waals surface area contributed by atoms with E-state index in [-0.39, 0.29) is 16.6 Å². The number of benzene rings is 1. The first-order chi connectivity index (χ1) is 9.65. The van der Waals surface area contributed by atoms with Crippen LogP contribution >= 0.6 is 23.5 Å². The lowest BCUT2D eigenvalue weighted by Gasteiger charge is -2.23. The average molecular weight is 302 g/mol. The summed E-state index contributed by atoms with van der Waals surface area (Å²) >= 11 is 2.96. The normalized spacial score (nSPS) is 18.8. The minimum atomic E-state index is -0.0928. The quantitative estimate of drug-likeness (QED) is 0.484. The Balaban J connectivity index is 2.29. The smallest absolute Gasteiger partial charge is 0.169 e. The maximum absolute atomic E-state index is 12.1. The van der Waals surface area contributed by atoms with Gasteiger partial charge in [0.05, 0.1) is 15.6 Å². The van der Waals surface area contributed by atoms with E-state index in [1.54, 1.807) is 11.8 Å². The van der Waals surface area contributed by atoms with Crippen LogP contribution in [0.2, 0.25) is 0 Å². The summed E-state index contributed by atoms with van der Waals surface area (Å²) in [5.74, 6) is 2.90. The maximum Gasteiger partial charge on any atom is 0.169 e. The molecule has 102 valence electrons. The van der Waals surface area contributed by atoms with E-state index in [0.717, 1.165) is 9.80 Å². The zero-order valence-electron chi connectivity index (χ0n) is 11.1. The highest BCUT2D eigenvalue weighted by Crippen LogP contribution is 2.47. The van der Waals surface area contributed by atoms with Crippen LogP contribution in [0.1, 0.15) is 22.8 Å². The molecule has 20 heavy (non-hydrogen) atoms. The predicted octanol–water partition coefficient (Wildman–Crippen LogP) is 3.52. The third-order valence-corrected chi connectivity index (χ3v) is 5.55. The van der Waals surface area contributed by atoms with Crippen LogP contribution in [0.25, 0.3) is 0 Å². The summed E-state index contributed by atoms with van der Waals surface area (Å²) in [7, 11) is 0. The molecule has 0 spiro atoms. The Bertz CT molecular complexity index is 611. The first-order valence-corrected chi connectivity index (χ1v) is 8.04. The zero-order chi connectivity index (χ0) is 14.5. The number of rotatable bonds is 4. The second-order valence-corrected chi connectivity index (χ2v) is 6.92. The van der Waals surface area contributed by atoms with Gasteiger partial charge < -0.3 is 0 Å². The third kappa shape index (κ3) is 3.36. The third-order valence-electron chi connectivity index (χ3n) is 2.96. The van der Waals surface area contributed by atoms with Crippen LogP contribution in [-0.4, -0.2) is 17.8 Å². The number of aldehydes is 1. The van der Waals surface area contributed by atoms with Crippen molar-refractivity contribution in [3.63, 3.8) is 0 Å². The Hall–Kier alpha value is -1.44. The molecule has 4 heteroatoms.